The third-order valence-electron chi connectivity index (χ3n) is 2.92. The smallest absolute Gasteiger partial charge is 0.0972 e. The average Bonchev–Trinajstić information content (AvgIpc) is 2.67. The van der Waals surface area contributed by atoms with Crippen LogP contribution in [0.5, 0.6) is 0 Å². The predicted molar refractivity (Wildman–Crippen MR) is 57.8 cm³/mol. The Morgan fingerprint density at radius 1 is 1.38 bits per heavy atom. The van der Waals surface area contributed by atoms with Crippen molar-refractivity contribution in [2.75, 3.05) is 0 Å². The molecule has 1 aliphatic carbocycles. The van der Waals surface area contributed by atoms with Gasteiger partial charge in [0.15, 0.2) is 0 Å². The van der Waals surface area contributed by atoms with Crippen molar-refractivity contribution in [3.05, 3.63) is 0 Å². The van der Waals surface area contributed by atoms with Crippen LogP contribution in [0, 0.1) is 5.41 Å². The third-order valence-corrected chi connectivity index (χ3v) is 4.60. The summed E-state index contributed by atoms with van der Waals surface area (Å²) < 4.78 is 14.8. The van der Waals surface area contributed by atoms with E-state index in [-0.39, 0.29) is 4.75 Å². The lowest BCUT2D eigenvalue weighted by molar-refractivity contribution is 0.433. The largest absolute Gasteiger partial charge is 0.242 e. The van der Waals surface area contributed by atoms with E-state index >= 15 is 0 Å². The molecule has 0 aromatic carbocycles. The van der Waals surface area contributed by atoms with Gasteiger partial charge >= 0.3 is 0 Å². The predicted octanol–water partition coefficient (Wildman–Crippen LogP) is 2.23. The van der Waals surface area contributed by atoms with Gasteiger partial charge in [-0.2, -0.15) is 0 Å². The van der Waals surface area contributed by atoms with Crippen LogP contribution in [0.15, 0.2) is 0 Å². The molecule has 0 amide bonds. The Morgan fingerprint density at radius 3 is 2.15 bits per heavy atom. The molecular weight excluding hydrogens is 182 g/mol. The summed E-state index contributed by atoms with van der Waals surface area (Å²) in [6, 6.07) is 0.368. The number of nitrogens with one attached hydrogen (secondary N) is 1. The van der Waals surface area contributed by atoms with Gasteiger partial charge in [-0.1, -0.05) is 6.92 Å². The molecule has 0 saturated heterocycles. The van der Waals surface area contributed by atoms with Gasteiger partial charge in [-0.05, 0) is 46.0 Å². The van der Waals surface area contributed by atoms with Gasteiger partial charge in [0.1, 0.15) is 0 Å². The van der Waals surface area contributed by atoms with Crippen molar-refractivity contribution in [3.63, 3.8) is 0 Å². The van der Waals surface area contributed by atoms with Crippen LogP contribution in [0.2, 0.25) is 0 Å². The molecule has 13 heavy (non-hydrogen) atoms. The molecule has 3 heteroatoms. The van der Waals surface area contributed by atoms with Gasteiger partial charge in [-0.15, -0.1) is 0 Å². The van der Waals surface area contributed by atoms with E-state index in [0.717, 1.165) is 0 Å². The summed E-state index contributed by atoms with van der Waals surface area (Å²) in [6.07, 6.45) is 2.53. The second kappa shape index (κ2) is 3.35. The molecule has 1 aliphatic rings. The highest BCUT2D eigenvalue weighted by Crippen LogP contribution is 2.48. The first-order valence-corrected chi connectivity index (χ1v) is 6.09. The van der Waals surface area contributed by atoms with Crippen molar-refractivity contribution in [3.8, 4) is 0 Å². The van der Waals surface area contributed by atoms with Gasteiger partial charge in [0.05, 0.1) is 15.7 Å². The van der Waals surface area contributed by atoms with Gasteiger partial charge in [-0.3, -0.25) is 0 Å². The molecule has 1 fully saturated rings. The highest BCUT2D eigenvalue weighted by molar-refractivity contribution is 7.84. The van der Waals surface area contributed by atoms with Gasteiger partial charge < -0.3 is 0 Å². The fourth-order valence-corrected chi connectivity index (χ4v) is 2.07. The summed E-state index contributed by atoms with van der Waals surface area (Å²) in [5, 5.41) is 0. The first-order chi connectivity index (χ1) is 5.76. The van der Waals surface area contributed by atoms with E-state index in [1.54, 1.807) is 0 Å². The summed E-state index contributed by atoms with van der Waals surface area (Å²) in [5.41, 5.74) is 0.404. The molecule has 0 heterocycles. The van der Waals surface area contributed by atoms with Gasteiger partial charge in [-0.25, -0.2) is 8.93 Å². The molecule has 1 rings (SSSR count). The highest BCUT2D eigenvalue weighted by Gasteiger charge is 2.43. The van der Waals surface area contributed by atoms with Gasteiger partial charge in [0.25, 0.3) is 0 Å². The number of hydrogen-bond donors (Lipinski definition) is 1. The molecule has 1 N–H and O–H groups in total. The fourth-order valence-electron chi connectivity index (χ4n) is 1.11. The van der Waals surface area contributed by atoms with Crippen LogP contribution in [0.3, 0.4) is 0 Å². The Balaban J connectivity index is 2.45. The van der Waals surface area contributed by atoms with Crippen LogP contribution in [-0.2, 0) is 11.0 Å². The van der Waals surface area contributed by atoms with Crippen LogP contribution < -0.4 is 4.72 Å². The zero-order valence-corrected chi connectivity index (χ0v) is 10.1. The molecule has 78 valence electrons. The van der Waals surface area contributed by atoms with Crippen LogP contribution >= 0.6 is 0 Å². The monoisotopic (exact) mass is 203 g/mol. The van der Waals surface area contributed by atoms with Crippen LogP contribution in [0.25, 0.3) is 0 Å². The minimum Gasteiger partial charge on any atom is -0.242 e. The second-order valence-electron chi connectivity index (χ2n) is 5.37. The van der Waals surface area contributed by atoms with E-state index in [1.165, 1.54) is 12.8 Å². The van der Waals surface area contributed by atoms with Crippen molar-refractivity contribution in [1.82, 2.24) is 4.72 Å². The Bertz CT molecular complexity index is 215. The minimum atomic E-state index is -0.924. The van der Waals surface area contributed by atoms with Crippen molar-refractivity contribution in [1.29, 1.82) is 0 Å². The summed E-state index contributed by atoms with van der Waals surface area (Å²) in [6.45, 7) is 10.4. The van der Waals surface area contributed by atoms with E-state index in [2.05, 4.69) is 18.6 Å². The maximum atomic E-state index is 11.7. The molecule has 0 spiro atoms. The lowest BCUT2D eigenvalue weighted by Crippen LogP contribution is -2.41. The molecule has 0 aromatic heterocycles. The molecule has 0 aliphatic heterocycles. The van der Waals surface area contributed by atoms with Crippen LogP contribution in [0.4, 0.5) is 0 Å². The lowest BCUT2D eigenvalue weighted by atomic mass is 10.0. The van der Waals surface area contributed by atoms with Crippen molar-refractivity contribution >= 4 is 11.0 Å². The average molecular weight is 203 g/mol. The van der Waals surface area contributed by atoms with E-state index < -0.39 is 11.0 Å². The maximum absolute atomic E-state index is 11.7. The number of rotatable bonds is 3. The first kappa shape index (κ1) is 11.2. The van der Waals surface area contributed by atoms with E-state index in [1.807, 2.05) is 20.8 Å². The molecule has 1 unspecified atom stereocenters. The minimum absolute atomic E-state index is 0.153. The quantitative estimate of drug-likeness (QED) is 0.749. The Hall–Kier alpha value is 0.110. The SMILES string of the molecule is C[C@@H](NS(=O)C(C)(C)C)C1(C)CC1. The fraction of sp³-hybridized carbons (Fsp3) is 1.00. The van der Waals surface area contributed by atoms with Crippen LogP contribution in [0.1, 0.15) is 47.5 Å². The molecule has 0 bridgehead atoms. The molecule has 2 nitrogen and oxygen atoms in total. The van der Waals surface area contributed by atoms with E-state index in [4.69, 9.17) is 0 Å². The normalized spacial score (nSPS) is 25.3. The van der Waals surface area contributed by atoms with Gasteiger partial charge in [0.2, 0.25) is 0 Å². The van der Waals surface area contributed by atoms with E-state index in [9.17, 15) is 4.21 Å². The Morgan fingerprint density at radius 2 is 1.85 bits per heavy atom. The summed E-state index contributed by atoms with van der Waals surface area (Å²) in [4.78, 5) is 0. The highest BCUT2D eigenvalue weighted by atomic mass is 32.2. The summed E-state index contributed by atoms with van der Waals surface area (Å²) in [5.74, 6) is 0. The maximum Gasteiger partial charge on any atom is 0.0972 e. The number of hydrogen-bond acceptors (Lipinski definition) is 1. The molecule has 0 radical (unpaired) electrons. The van der Waals surface area contributed by atoms with Gasteiger partial charge in [0, 0.05) is 6.04 Å². The van der Waals surface area contributed by atoms with Crippen molar-refractivity contribution < 1.29 is 4.21 Å². The Kier molecular flexibility index (Phi) is 2.89. The summed E-state index contributed by atoms with van der Waals surface area (Å²) >= 11 is 0. The molecule has 2 atom stereocenters. The Labute approximate surface area is 84.1 Å². The summed E-state index contributed by atoms with van der Waals surface area (Å²) in [7, 11) is -0.924. The zero-order valence-electron chi connectivity index (χ0n) is 9.31. The van der Waals surface area contributed by atoms with Crippen molar-refractivity contribution in [2.24, 2.45) is 5.41 Å². The zero-order chi connectivity index (χ0) is 10.3. The molecule has 0 aromatic rings. The second-order valence-corrected chi connectivity index (χ2v) is 7.37. The molecular formula is C10H21NOS. The van der Waals surface area contributed by atoms with Crippen molar-refractivity contribution in [2.45, 2.75) is 58.2 Å². The standard InChI is InChI=1S/C10H21NOS/c1-8(10(5)6-7-10)11-13(12)9(2,3)4/h8,11H,6-7H2,1-5H3/t8-,13?/m1/s1. The van der Waals surface area contributed by atoms with Crippen LogP contribution in [-0.4, -0.2) is 15.0 Å². The molecule has 1 saturated carbocycles. The topological polar surface area (TPSA) is 29.1 Å². The lowest BCUT2D eigenvalue weighted by Gasteiger charge is -2.25. The first-order valence-electron chi connectivity index (χ1n) is 4.94. The van der Waals surface area contributed by atoms with E-state index in [0.29, 0.717) is 11.5 Å². The third kappa shape index (κ3) is 2.78.